The van der Waals surface area contributed by atoms with Gasteiger partial charge in [-0.2, -0.15) is 5.26 Å². The van der Waals surface area contributed by atoms with Crippen LogP contribution in [0.2, 0.25) is 0 Å². The molecule has 1 rings (SSSR count). The van der Waals surface area contributed by atoms with E-state index in [2.05, 4.69) is 0 Å². The van der Waals surface area contributed by atoms with Gasteiger partial charge in [-0.05, 0) is 32.0 Å². The van der Waals surface area contributed by atoms with Crippen LogP contribution >= 0.6 is 0 Å². The van der Waals surface area contributed by atoms with Gasteiger partial charge in [-0.1, -0.05) is 0 Å². The Labute approximate surface area is 77.7 Å². The number of benzene rings is 1. The van der Waals surface area contributed by atoms with Crippen LogP contribution in [-0.4, -0.2) is 6.10 Å². The van der Waals surface area contributed by atoms with Crippen LogP contribution in [0.4, 0.5) is 5.69 Å². The predicted octanol–water partition coefficient (Wildman–Crippen LogP) is 1.93. The Morgan fingerprint density at radius 3 is 2.62 bits per heavy atom. The molecule has 0 unspecified atom stereocenters. The Bertz CT molecular complexity index is 339. The lowest BCUT2D eigenvalue weighted by atomic mass is 10.2. The minimum atomic E-state index is 0.0928. The quantitative estimate of drug-likeness (QED) is 0.700. The lowest BCUT2D eigenvalue weighted by Crippen LogP contribution is -2.07. The summed E-state index contributed by atoms with van der Waals surface area (Å²) in [6.07, 6.45) is 0.0928. The first kappa shape index (κ1) is 9.40. The van der Waals surface area contributed by atoms with Gasteiger partial charge in [0.2, 0.25) is 0 Å². The van der Waals surface area contributed by atoms with Gasteiger partial charge in [-0.15, -0.1) is 0 Å². The largest absolute Gasteiger partial charge is 0.489 e. The summed E-state index contributed by atoms with van der Waals surface area (Å²) in [6, 6.07) is 7.03. The number of rotatable bonds is 2. The van der Waals surface area contributed by atoms with Gasteiger partial charge in [-0.3, -0.25) is 0 Å². The molecule has 0 aromatic heterocycles. The van der Waals surface area contributed by atoms with Crippen molar-refractivity contribution in [2.45, 2.75) is 20.0 Å². The molecule has 68 valence electrons. The second-order valence-electron chi connectivity index (χ2n) is 3.03. The molecule has 0 aliphatic rings. The fraction of sp³-hybridized carbons (Fsp3) is 0.300. The van der Waals surface area contributed by atoms with Crippen LogP contribution < -0.4 is 10.5 Å². The maximum atomic E-state index is 8.59. The molecule has 0 heterocycles. The highest BCUT2D eigenvalue weighted by Gasteiger charge is 2.03. The Hall–Kier alpha value is -1.69. The minimum Gasteiger partial charge on any atom is -0.489 e. The summed E-state index contributed by atoms with van der Waals surface area (Å²) in [5.41, 5.74) is 6.73. The van der Waals surface area contributed by atoms with Gasteiger partial charge in [0.15, 0.2) is 0 Å². The molecular weight excluding hydrogens is 164 g/mol. The zero-order valence-electron chi connectivity index (χ0n) is 7.74. The third-order valence-electron chi connectivity index (χ3n) is 1.50. The van der Waals surface area contributed by atoms with Gasteiger partial charge < -0.3 is 10.5 Å². The van der Waals surface area contributed by atoms with Gasteiger partial charge in [0, 0.05) is 0 Å². The molecule has 0 aliphatic carbocycles. The highest BCUT2D eigenvalue weighted by molar-refractivity contribution is 5.56. The second-order valence-corrected chi connectivity index (χ2v) is 3.03. The zero-order chi connectivity index (χ0) is 9.84. The molecule has 2 N–H and O–H groups in total. The van der Waals surface area contributed by atoms with Crippen molar-refractivity contribution in [2.24, 2.45) is 0 Å². The number of nitrogens with two attached hydrogens (primary N) is 1. The van der Waals surface area contributed by atoms with Gasteiger partial charge >= 0.3 is 0 Å². The molecule has 0 spiro atoms. The SMILES string of the molecule is CC(C)Oc1ccc(C#N)cc1N. The Kier molecular flexibility index (Phi) is 2.76. The van der Waals surface area contributed by atoms with E-state index in [1.165, 1.54) is 0 Å². The standard InChI is InChI=1S/C10H12N2O/c1-7(2)13-10-4-3-8(6-11)5-9(10)12/h3-5,7H,12H2,1-2H3. The molecule has 0 bridgehead atoms. The Morgan fingerprint density at radius 1 is 1.46 bits per heavy atom. The molecule has 1 aromatic carbocycles. The average Bonchev–Trinajstić information content (AvgIpc) is 2.08. The molecule has 13 heavy (non-hydrogen) atoms. The Morgan fingerprint density at radius 2 is 2.15 bits per heavy atom. The number of ether oxygens (including phenoxy) is 1. The lowest BCUT2D eigenvalue weighted by Gasteiger charge is -2.11. The summed E-state index contributed by atoms with van der Waals surface area (Å²) >= 11 is 0. The summed E-state index contributed by atoms with van der Waals surface area (Å²) in [7, 11) is 0. The number of hydrogen-bond donors (Lipinski definition) is 1. The second kappa shape index (κ2) is 3.81. The van der Waals surface area contributed by atoms with Crippen molar-refractivity contribution in [1.29, 1.82) is 5.26 Å². The van der Waals surface area contributed by atoms with E-state index in [1.54, 1.807) is 18.2 Å². The van der Waals surface area contributed by atoms with E-state index in [1.807, 2.05) is 19.9 Å². The van der Waals surface area contributed by atoms with E-state index < -0.39 is 0 Å². The predicted molar refractivity (Wildman–Crippen MR) is 51.3 cm³/mol. The van der Waals surface area contributed by atoms with Gasteiger partial charge in [-0.25, -0.2) is 0 Å². The van der Waals surface area contributed by atoms with E-state index in [9.17, 15) is 0 Å². The lowest BCUT2D eigenvalue weighted by molar-refractivity contribution is 0.244. The third kappa shape index (κ3) is 2.38. The summed E-state index contributed by atoms with van der Waals surface area (Å²) in [5.74, 6) is 0.633. The van der Waals surface area contributed by atoms with E-state index in [4.69, 9.17) is 15.7 Å². The van der Waals surface area contributed by atoms with Crippen molar-refractivity contribution in [1.82, 2.24) is 0 Å². The number of nitrogen functional groups attached to an aromatic ring is 1. The summed E-state index contributed by atoms with van der Waals surface area (Å²) in [6.45, 7) is 3.86. The van der Waals surface area contributed by atoms with Crippen molar-refractivity contribution in [3.63, 3.8) is 0 Å². The van der Waals surface area contributed by atoms with Crippen LogP contribution in [0.25, 0.3) is 0 Å². The topological polar surface area (TPSA) is 59.0 Å². The number of nitrogens with zero attached hydrogens (tertiary/aromatic N) is 1. The average molecular weight is 176 g/mol. The molecule has 0 amide bonds. The van der Waals surface area contributed by atoms with Crippen LogP contribution in [0.5, 0.6) is 5.75 Å². The number of hydrogen-bond acceptors (Lipinski definition) is 3. The van der Waals surface area contributed by atoms with Crippen molar-refractivity contribution in [3.05, 3.63) is 23.8 Å². The van der Waals surface area contributed by atoms with Crippen LogP contribution in [0.3, 0.4) is 0 Å². The fourth-order valence-electron chi connectivity index (χ4n) is 0.979. The van der Waals surface area contributed by atoms with Crippen LogP contribution in [0, 0.1) is 11.3 Å². The van der Waals surface area contributed by atoms with E-state index in [-0.39, 0.29) is 6.10 Å². The summed E-state index contributed by atoms with van der Waals surface area (Å²) < 4.78 is 5.41. The monoisotopic (exact) mass is 176 g/mol. The van der Waals surface area contributed by atoms with Crippen molar-refractivity contribution < 1.29 is 4.74 Å². The number of nitriles is 1. The molecule has 0 atom stereocenters. The van der Waals surface area contributed by atoms with Crippen LogP contribution in [-0.2, 0) is 0 Å². The van der Waals surface area contributed by atoms with Crippen molar-refractivity contribution in [2.75, 3.05) is 5.73 Å². The van der Waals surface area contributed by atoms with Gasteiger partial charge in [0.05, 0.1) is 23.4 Å². The molecular formula is C10H12N2O. The molecule has 0 fully saturated rings. The third-order valence-corrected chi connectivity index (χ3v) is 1.50. The van der Waals surface area contributed by atoms with Crippen LogP contribution in [0.15, 0.2) is 18.2 Å². The molecule has 0 aliphatic heterocycles. The maximum Gasteiger partial charge on any atom is 0.142 e. The van der Waals surface area contributed by atoms with E-state index in [0.29, 0.717) is 17.0 Å². The number of anilines is 1. The first-order chi connectivity index (χ1) is 6.13. The molecule has 0 saturated carbocycles. The highest BCUT2D eigenvalue weighted by Crippen LogP contribution is 2.23. The highest BCUT2D eigenvalue weighted by atomic mass is 16.5. The van der Waals surface area contributed by atoms with Crippen molar-refractivity contribution in [3.8, 4) is 11.8 Å². The molecule has 1 aromatic rings. The first-order valence-corrected chi connectivity index (χ1v) is 4.09. The zero-order valence-corrected chi connectivity index (χ0v) is 7.74. The fourth-order valence-corrected chi connectivity index (χ4v) is 0.979. The molecule has 3 heteroatoms. The normalized spacial score (nSPS) is 9.69. The summed E-state index contributed by atoms with van der Waals surface area (Å²) in [5, 5.41) is 8.59. The van der Waals surface area contributed by atoms with Crippen LogP contribution in [0.1, 0.15) is 19.4 Å². The minimum absolute atomic E-state index is 0.0928. The van der Waals surface area contributed by atoms with Crippen molar-refractivity contribution >= 4 is 5.69 Å². The first-order valence-electron chi connectivity index (χ1n) is 4.09. The Balaban J connectivity index is 2.93. The van der Waals surface area contributed by atoms with Gasteiger partial charge in [0.1, 0.15) is 5.75 Å². The molecule has 0 radical (unpaired) electrons. The van der Waals surface area contributed by atoms with Gasteiger partial charge in [0.25, 0.3) is 0 Å². The molecule has 0 saturated heterocycles. The van der Waals surface area contributed by atoms with E-state index >= 15 is 0 Å². The maximum absolute atomic E-state index is 8.59. The summed E-state index contributed by atoms with van der Waals surface area (Å²) in [4.78, 5) is 0. The molecule has 3 nitrogen and oxygen atoms in total. The smallest absolute Gasteiger partial charge is 0.142 e. The van der Waals surface area contributed by atoms with E-state index in [0.717, 1.165) is 0 Å².